The molecule has 1 saturated heterocycles. The van der Waals surface area contributed by atoms with E-state index < -0.39 is 12.1 Å². The highest BCUT2D eigenvalue weighted by molar-refractivity contribution is 7.09. The number of benzene rings is 1. The number of carbonyl (C=O) groups excluding carboxylic acids is 2. The number of likely N-dealkylation sites (N-methyl/N-ethyl adjacent to an activating group) is 1. The van der Waals surface area contributed by atoms with E-state index in [4.69, 9.17) is 14.2 Å². The normalized spacial score (nSPS) is 18.8. The fourth-order valence-corrected chi connectivity index (χ4v) is 5.05. The number of fused-ring (bicyclic) bond motifs is 1. The van der Waals surface area contributed by atoms with Crippen LogP contribution in [0.15, 0.2) is 36.9 Å². The molecule has 0 saturated carbocycles. The minimum atomic E-state index is -0.618. The minimum Gasteiger partial charge on any atom is -0.464 e. The number of amides is 1. The molecule has 1 aromatic carbocycles. The number of imidazole rings is 1. The molecule has 1 amide bonds. The Balaban J connectivity index is 1.47. The van der Waals surface area contributed by atoms with Crippen molar-refractivity contribution in [2.75, 3.05) is 29.7 Å². The maximum Gasteiger partial charge on any atom is 0.328 e. The van der Waals surface area contributed by atoms with E-state index in [0.29, 0.717) is 47.7 Å². The molecule has 0 spiro atoms. The Hall–Kier alpha value is -3.67. The van der Waals surface area contributed by atoms with Gasteiger partial charge < -0.3 is 24.0 Å². The van der Waals surface area contributed by atoms with Crippen LogP contribution in [0.25, 0.3) is 5.95 Å². The predicted octanol–water partition coefficient (Wildman–Crippen LogP) is 2.41. The predicted molar refractivity (Wildman–Crippen MR) is 124 cm³/mol. The highest BCUT2D eigenvalue weighted by Crippen LogP contribution is 2.38. The first-order valence-corrected chi connectivity index (χ1v) is 11.9. The molecule has 2 aliphatic rings. The quantitative estimate of drug-likeness (QED) is 0.467. The van der Waals surface area contributed by atoms with Crippen molar-refractivity contribution in [3.05, 3.63) is 36.9 Å². The van der Waals surface area contributed by atoms with Crippen molar-refractivity contribution in [1.82, 2.24) is 18.9 Å². The second-order valence-corrected chi connectivity index (χ2v) is 8.47. The van der Waals surface area contributed by atoms with Crippen LogP contribution < -0.4 is 19.3 Å². The van der Waals surface area contributed by atoms with Gasteiger partial charge in [-0.1, -0.05) is 0 Å². The lowest BCUT2D eigenvalue weighted by Gasteiger charge is -2.31. The van der Waals surface area contributed by atoms with Gasteiger partial charge in [0.15, 0.2) is 11.5 Å². The van der Waals surface area contributed by atoms with Gasteiger partial charge in [-0.15, -0.1) is 0 Å². The van der Waals surface area contributed by atoms with E-state index in [1.807, 2.05) is 13.0 Å². The largest absolute Gasteiger partial charge is 0.464 e. The van der Waals surface area contributed by atoms with E-state index in [2.05, 4.69) is 14.3 Å². The van der Waals surface area contributed by atoms with E-state index in [1.165, 1.54) is 0 Å². The Morgan fingerprint density at radius 3 is 2.79 bits per heavy atom. The lowest BCUT2D eigenvalue weighted by molar-refractivity contribution is -0.144. The lowest BCUT2D eigenvalue weighted by Crippen LogP contribution is -2.50. The Bertz CT molecular complexity index is 1180. The monoisotopic (exact) mass is 484 g/mol. The number of carbonyl (C=O) groups is 2. The van der Waals surface area contributed by atoms with Crippen molar-refractivity contribution in [3.63, 3.8) is 0 Å². The molecule has 0 radical (unpaired) electrons. The molecule has 2 atom stereocenters. The van der Waals surface area contributed by atoms with E-state index >= 15 is 0 Å². The van der Waals surface area contributed by atoms with Gasteiger partial charge >= 0.3 is 5.97 Å². The molecule has 12 heteroatoms. The SMILES string of the molecule is CCOC(=O)C1CCC(C(=O)N(CC)c2ccc3c(c2)OCO3)N1c1nc(-n2ccnc2)ns1. The zero-order valence-electron chi connectivity index (χ0n) is 18.8. The number of hydrogen-bond donors (Lipinski definition) is 0. The zero-order valence-corrected chi connectivity index (χ0v) is 19.6. The van der Waals surface area contributed by atoms with Crippen LogP contribution in [0.4, 0.5) is 10.8 Å². The topological polar surface area (TPSA) is 112 Å². The minimum absolute atomic E-state index is 0.132. The smallest absolute Gasteiger partial charge is 0.328 e. The van der Waals surface area contributed by atoms with E-state index in [-0.39, 0.29) is 25.3 Å². The van der Waals surface area contributed by atoms with Gasteiger partial charge in [0.05, 0.1) is 6.61 Å². The summed E-state index contributed by atoms with van der Waals surface area (Å²) in [6, 6.07) is 4.22. The van der Waals surface area contributed by atoms with Crippen molar-refractivity contribution in [1.29, 1.82) is 0 Å². The summed E-state index contributed by atoms with van der Waals surface area (Å²) in [7, 11) is 0. The molecule has 0 bridgehead atoms. The molecule has 2 aliphatic heterocycles. The van der Waals surface area contributed by atoms with Crippen LogP contribution in [-0.2, 0) is 14.3 Å². The van der Waals surface area contributed by atoms with E-state index in [1.54, 1.807) is 52.1 Å². The Morgan fingerprint density at radius 2 is 2.03 bits per heavy atom. The standard InChI is InChI=1S/C22H24N6O5S/c1-3-27(14-5-8-17-18(11-14)33-13-32-17)19(29)15-6-7-16(20(30)31-4-2)28(15)22-24-21(25-34-22)26-10-9-23-12-26/h5,8-12,15-16H,3-4,6-7,13H2,1-2H3. The average Bonchev–Trinajstić information content (AvgIpc) is 3.64. The summed E-state index contributed by atoms with van der Waals surface area (Å²) in [5.74, 6) is 1.18. The van der Waals surface area contributed by atoms with Crippen LogP contribution in [0.3, 0.4) is 0 Å². The highest BCUT2D eigenvalue weighted by atomic mass is 32.1. The number of nitrogens with zero attached hydrogens (tertiary/aromatic N) is 6. The maximum absolute atomic E-state index is 13.8. The van der Waals surface area contributed by atoms with Crippen molar-refractivity contribution in [2.45, 2.75) is 38.8 Å². The van der Waals surface area contributed by atoms with Crippen molar-refractivity contribution >= 4 is 34.2 Å². The van der Waals surface area contributed by atoms with Crippen LogP contribution in [0.1, 0.15) is 26.7 Å². The molecule has 34 heavy (non-hydrogen) atoms. The molecule has 0 aliphatic carbocycles. The molecule has 5 rings (SSSR count). The van der Waals surface area contributed by atoms with Crippen LogP contribution in [0.2, 0.25) is 0 Å². The van der Waals surface area contributed by atoms with Crippen LogP contribution >= 0.6 is 11.5 Å². The second-order valence-electron chi connectivity index (χ2n) is 7.74. The molecule has 1 fully saturated rings. The maximum atomic E-state index is 13.8. The number of hydrogen-bond acceptors (Lipinski definition) is 10. The zero-order chi connectivity index (χ0) is 23.7. The molecular weight excluding hydrogens is 460 g/mol. The summed E-state index contributed by atoms with van der Waals surface area (Å²) in [5.41, 5.74) is 0.702. The van der Waals surface area contributed by atoms with Crippen LogP contribution in [0.5, 0.6) is 11.5 Å². The van der Waals surface area contributed by atoms with Crippen molar-refractivity contribution in [2.24, 2.45) is 0 Å². The fourth-order valence-electron chi connectivity index (χ4n) is 4.28. The third-order valence-corrected chi connectivity index (χ3v) is 6.56. The van der Waals surface area contributed by atoms with E-state index in [9.17, 15) is 9.59 Å². The van der Waals surface area contributed by atoms with Crippen molar-refractivity contribution in [3.8, 4) is 17.4 Å². The molecule has 11 nitrogen and oxygen atoms in total. The summed E-state index contributed by atoms with van der Waals surface area (Å²) in [6.45, 7) is 4.54. The summed E-state index contributed by atoms with van der Waals surface area (Å²) in [6.07, 6.45) is 5.94. The highest BCUT2D eigenvalue weighted by Gasteiger charge is 2.45. The molecule has 3 aromatic rings. The second kappa shape index (κ2) is 9.29. The number of rotatable bonds is 7. The van der Waals surface area contributed by atoms with Crippen molar-refractivity contribution < 1.29 is 23.8 Å². The Labute approximate surface area is 200 Å². The molecular formula is C22H24N6O5S. The summed E-state index contributed by atoms with van der Waals surface area (Å²) >= 11 is 1.14. The van der Waals surface area contributed by atoms with Gasteiger partial charge in [0.1, 0.15) is 18.4 Å². The summed E-state index contributed by atoms with van der Waals surface area (Å²) in [4.78, 5) is 38.7. The van der Waals surface area contributed by atoms with Gasteiger partial charge in [-0.3, -0.25) is 9.36 Å². The summed E-state index contributed by atoms with van der Waals surface area (Å²) < 4.78 is 22.3. The molecule has 0 N–H and O–H groups in total. The molecule has 2 aromatic heterocycles. The van der Waals surface area contributed by atoms with Gasteiger partial charge in [0, 0.05) is 42.2 Å². The van der Waals surface area contributed by atoms with Gasteiger partial charge in [0.2, 0.25) is 23.8 Å². The molecule has 178 valence electrons. The number of aromatic nitrogens is 4. The van der Waals surface area contributed by atoms with Gasteiger partial charge in [-0.25, -0.2) is 9.78 Å². The lowest BCUT2D eigenvalue weighted by atomic mass is 10.1. The van der Waals surface area contributed by atoms with E-state index in [0.717, 1.165) is 11.5 Å². The number of esters is 1. The fraction of sp³-hybridized carbons (Fsp3) is 0.409. The third kappa shape index (κ3) is 3.94. The average molecular weight is 485 g/mol. The first-order valence-electron chi connectivity index (χ1n) is 11.1. The van der Waals surface area contributed by atoms with Gasteiger partial charge in [0.25, 0.3) is 0 Å². The molecule has 2 unspecified atom stereocenters. The number of ether oxygens (including phenoxy) is 3. The van der Waals surface area contributed by atoms with Crippen LogP contribution in [-0.4, -0.2) is 62.8 Å². The van der Waals surface area contributed by atoms with Crippen LogP contribution in [0, 0.1) is 0 Å². The van der Waals surface area contributed by atoms with Gasteiger partial charge in [-0.05, 0) is 38.8 Å². The Kier molecular flexibility index (Phi) is 6.05. The first-order chi connectivity index (χ1) is 16.6. The third-order valence-electron chi connectivity index (χ3n) is 5.84. The summed E-state index contributed by atoms with van der Waals surface area (Å²) in [5, 5.41) is 0.486. The molecule has 4 heterocycles. The Morgan fingerprint density at radius 1 is 1.21 bits per heavy atom. The van der Waals surface area contributed by atoms with Gasteiger partial charge in [-0.2, -0.15) is 9.36 Å². The number of anilines is 2. The first kappa shape index (κ1) is 22.1.